The standard InChI is InChI=1S/C29H29Cl2N5O4S/c1-3-4-15-40-23-10-5-19(6-11-23)28(38)32-17-26-34-35-29(36(26)21-9-14-24(30)25(31)16-21)41-18-27(37)33-20-7-12-22(39-2)13-8-20/h5-14,16H,3-4,15,17-18H2,1-2H3,(H,32,38)(H,33,37). The van der Waals surface area contributed by atoms with Crippen LogP contribution in [0.2, 0.25) is 10.0 Å². The number of rotatable bonds is 13. The average molecular weight is 615 g/mol. The Morgan fingerprint density at radius 3 is 2.37 bits per heavy atom. The topological polar surface area (TPSA) is 107 Å². The molecule has 214 valence electrons. The van der Waals surface area contributed by atoms with Crippen LogP contribution >= 0.6 is 35.0 Å². The Labute approximate surface area is 252 Å². The molecule has 0 radical (unpaired) electrons. The predicted octanol–water partition coefficient (Wildman–Crippen LogP) is 6.42. The number of methoxy groups -OCH3 is 1. The van der Waals surface area contributed by atoms with Gasteiger partial charge in [-0.15, -0.1) is 10.2 Å². The second-order valence-electron chi connectivity index (χ2n) is 8.81. The van der Waals surface area contributed by atoms with Crippen LogP contribution in [0.4, 0.5) is 5.69 Å². The lowest BCUT2D eigenvalue weighted by atomic mass is 10.2. The van der Waals surface area contributed by atoms with Gasteiger partial charge in [0, 0.05) is 11.3 Å². The minimum absolute atomic E-state index is 0.0739. The summed E-state index contributed by atoms with van der Waals surface area (Å²) in [5, 5.41) is 15.5. The number of hydrogen-bond donors (Lipinski definition) is 2. The molecule has 0 unspecified atom stereocenters. The predicted molar refractivity (Wildman–Crippen MR) is 162 cm³/mol. The van der Waals surface area contributed by atoms with Crippen molar-refractivity contribution in [3.8, 4) is 17.2 Å². The fourth-order valence-corrected chi connectivity index (χ4v) is 4.75. The third-order valence-electron chi connectivity index (χ3n) is 5.86. The van der Waals surface area contributed by atoms with E-state index in [-0.39, 0.29) is 24.1 Å². The number of nitrogens with one attached hydrogen (secondary N) is 2. The molecule has 0 spiro atoms. The minimum Gasteiger partial charge on any atom is -0.497 e. The molecule has 3 aromatic carbocycles. The van der Waals surface area contributed by atoms with E-state index in [1.807, 2.05) is 0 Å². The van der Waals surface area contributed by atoms with Gasteiger partial charge in [0.05, 0.1) is 41.7 Å². The maximum Gasteiger partial charge on any atom is 0.251 e. The van der Waals surface area contributed by atoms with Crippen LogP contribution in [0.1, 0.15) is 35.9 Å². The number of aromatic nitrogens is 3. The van der Waals surface area contributed by atoms with E-state index in [0.29, 0.717) is 56.1 Å². The second kappa shape index (κ2) is 14.8. The van der Waals surface area contributed by atoms with Gasteiger partial charge in [-0.25, -0.2) is 0 Å². The second-order valence-corrected chi connectivity index (χ2v) is 10.6. The first-order valence-electron chi connectivity index (χ1n) is 12.9. The summed E-state index contributed by atoms with van der Waals surface area (Å²) in [6.45, 7) is 2.82. The van der Waals surface area contributed by atoms with Crippen LogP contribution < -0.4 is 20.1 Å². The molecule has 2 N–H and O–H groups in total. The molecule has 0 aliphatic rings. The summed E-state index contributed by atoms with van der Waals surface area (Å²) in [5.74, 6) is 1.44. The number of benzene rings is 3. The first-order valence-corrected chi connectivity index (χ1v) is 14.6. The van der Waals surface area contributed by atoms with Gasteiger partial charge in [0.25, 0.3) is 5.91 Å². The van der Waals surface area contributed by atoms with E-state index in [0.717, 1.165) is 12.8 Å². The number of unbranched alkanes of at least 4 members (excludes halogenated alkanes) is 1. The fourth-order valence-electron chi connectivity index (χ4n) is 3.69. The van der Waals surface area contributed by atoms with E-state index in [4.69, 9.17) is 32.7 Å². The van der Waals surface area contributed by atoms with Crippen molar-refractivity contribution in [2.24, 2.45) is 0 Å². The molecule has 0 fully saturated rings. The molecule has 0 saturated heterocycles. The summed E-state index contributed by atoms with van der Waals surface area (Å²) in [7, 11) is 1.58. The number of thioether (sulfide) groups is 1. The quantitative estimate of drug-likeness (QED) is 0.132. The Morgan fingerprint density at radius 2 is 1.68 bits per heavy atom. The largest absolute Gasteiger partial charge is 0.497 e. The van der Waals surface area contributed by atoms with Crippen molar-refractivity contribution < 1.29 is 19.1 Å². The van der Waals surface area contributed by atoms with Crippen molar-refractivity contribution in [1.29, 1.82) is 0 Å². The van der Waals surface area contributed by atoms with E-state index in [2.05, 4.69) is 27.8 Å². The molecular formula is C29H29Cl2N5O4S. The van der Waals surface area contributed by atoms with Crippen LogP contribution in [0.25, 0.3) is 5.69 Å². The van der Waals surface area contributed by atoms with Crippen LogP contribution in [0.15, 0.2) is 71.9 Å². The number of ether oxygens (including phenoxy) is 2. The first kappa shape index (κ1) is 30.2. The number of carbonyl (C=O) groups excluding carboxylic acids is 2. The zero-order chi connectivity index (χ0) is 29.2. The number of anilines is 1. The lowest BCUT2D eigenvalue weighted by molar-refractivity contribution is -0.113. The maximum absolute atomic E-state index is 12.9. The Bertz CT molecular complexity index is 1480. The Hall–Kier alpha value is -3.73. The highest BCUT2D eigenvalue weighted by Crippen LogP contribution is 2.28. The zero-order valence-electron chi connectivity index (χ0n) is 22.5. The molecule has 1 heterocycles. The minimum atomic E-state index is -0.276. The lowest BCUT2D eigenvalue weighted by Gasteiger charge is -2.12. The van der Waals surface area contributed by atoms with Gasteiger partial charge in [0.15, 0.2) is 11.0 Å². The van der Waals surface area contributed by atoms with Crippen molar-refractivity contribution in [3.63, 3.8) is 0 Å². The first-order chi connectivity index (χ1) is 19.9. The van der Waals surface area contributed by atoms with Gasteiger partial charge in [-0.3, -0.25) is 14.2 Å². The van der Waals surface area contributed by atoms with Gasteiger partial charge in [-0.2, -0.15) is 0 Å². The highest BCUT2D eigenvalue weighted by atomic mass is 35.5. The number of halogens is 2. The number of nitrogens with zero attached hydrogens (tertiary/aromatic N) is 3. The highest BCUT2D eigenvalue weighted by Gasteiger charge is 2.18. The molecule has 2 amide bonds. The molecule has 0 aliphatic carbocycles. The third kappa shape index (κ3) is 8.39. The van der Waals surface area contributed by atoms with Crippen molar-refractivity contribution >= 4 is 52.5 Å². The van der Waals surface area contributed by atoms with Crippen LogP contribution in [0.5, 0.6) is 11.5 Å². The summed E-state index contributed by atoms with van der Waals surface area (Å²) in [4.78, 5) is 25.5. The van der Waals surface area contributed by atoms with Crippen LogP contribution in [0.3, 0.4) is 0 Å². The van der Waals surface area contributed by atoms with E-state index >= 15 is 0 Å². The molecule has 9 nitrogen and oxygen atoms in total. The number of hydrogen-bond acceptors (Lipinski definition) is 7. The van der Waals surface area contributed by atoms with Gasteiger partial charge < -0.3 is 20.1 Å². The van der Waals surface area contributed by atoms with Gasteiger partial charge in [0.2, 0.25) is 5.91 Å². The van der Waals surface area contributed by atoms with Crippen LogP contribution in [-0.4, -0.2) is 46.0 Å². The summed E-state index contributed by atoms with van der Waals surface area (Å²) >= 11 is 13.6. The van der Waals surface area contributed by atoms with Crippen LogP contribution in [0, 0.1) is 0 Å². The summed E-state index contributed by atoms with van der Waals surface area (Å²) < 4.78 is 12.6. The van der Waals surface area contributed by atoms with Crippen molar-refractivity contribution in [1.82, 2.24) is 20.1 Å². The van der Waals surface area contributed by atoms with Gasteiger partial charge in [-0.05, 0) is 73.2 Å². The van der Waals surface area contributed by atoms with Gasteiger partial charge in [0.1, 0.15) is 11.5 Å². The smallest absolute Gasteiger partial charge is 0.251 e. The number of carbonyl (C=O) groups is 2. The normalized spacial score (nSPS) is 10.7. The Kier molecular flexibility index (Phi) is 10.9. The zero-order valence-corrected chi connectivity index (χ0v) is 24.9. The molecule has 0 atom stereocenters. The lowest BCUT2D eigenvalue weighted by Crippen LogP contribution is -2.24. The molecule has 12 heteroatoms. The van der Waals surface area contributed by atoms with Gasteiger partial charge >= 0.3 is 0 Å². The molecule has 0 bridgehead atoms. The monoisotopic (exact) mass is 613 g/mol. The van der Waals surface area contributed by atoms with E-state index in [1.54, 1.807) is 78.4 Å². The summed E-state index contributed by atoms with van der Waals surface area (Å²) in [6, 6.07) is 19.1. The molecule has 0 aliphatic heterocycles. The summed E-state index contributed by atoms with van der Waals surface area (Å²) in [6.07, 6.45) is 2.01. The molecule has 1 aromatic heterocycles. The van der Waals surface area contributed by atoms with Crippen molar-refractivity contribution in [2.75, 3.05) is 24.8 Å². The van der Waals surface area contributed by atoms with Crippen molar-refractivity contribution in [2.45, 2.75) is 31.5 Å². The molecular weight excluding hydrogens is 585 g/mol. The Balaban J connectivity index is 1.45. The van der Waals surface area contributed by atoms with E-state index in [9.17, 15) is 9.59 Å². The van der Waals surface area contributed by atoms with Gasteiger partial charge in [-0.1, -0.05) is 48.3 Å². The fraction of sp³-hybridized carbons (Fsp3) is 0.241. The maximum atomic E-state index is 12.9. The van der Waals surface area contributed by atoms with E-state index in [1.165, 1.54) is 11.8 Å². The summed E-state index contributed by atoms with van der Waals surface area (Å²) in [5.41, 5.74) is 1.77. The third-order valence-corrected chi connectivity index (χ3v) is 7.53. The molecule has 41 heavy (non-hydrogen) atoms. The highest BCUT2D eigenvalue weighted by molar-refractivity contribution is 7.99. The molecule has 4 aromatic rings. The average Bonchev–Trinajstić information content (AvgIpc) is 3.40. The molecule has 4 rings (SSSR count). The molecule has 0 saturated carbocycles. The SMILES string of the molecule is CCCCOc1ccc(C(=O)NCc2nnc(SCC(=O)Nc3ccc(OC)cc3)n2-c2ccc(Cl)c(Cl)c2)cc1. The van der Waals surface area contributed by atoms with E-state index < -0.39 is 0 Å². The van der Waals surface area contributed by atoms with Crippen molar-refractivity contribution in [3.05, 3.63) is 88.2 Å². The van der Waals surface area contributed by atoms with Crippen LogP contribution in [-0.2, 0) is 11.3 Å². The number of amides is 2. The Morgan fingerprint density at radius 1 is 0.951 bits per heavy atom.